The lowest BCUT2D eigenvalue weighted by Gasteiger charge is -2.42. The van der Waals surface area contributed by atoms with E-state index in [1.54, 1.807) is 24.1 Å². The van der Waals surface area contributed by atoms with Crippen LogP contribution in [0, 0.1) is 5.92 Å². The first-order valence-corrected chi connectivity index (χ1v) is 7.13. The van der Waals surface area contributed by atoms with Gasteiger partial charge in [0.25, 0.3) is 0 Å². The SMILES string of the molecule is COc1ccc([C@@H]2[C@@H](C(=O)O)CCC(=O)N2C(C)C)cc1. The molecule has 0 radical (unpaired) electrons. The van der Waals surface area contributed by atoms with Gasteiger partial charge in [-0.15, -0.1) is 0 Å². The third kappa shape index (κ3) is 3.01. The molecule has 1 aromatic carbocycles. The number of rotatable bonds is 4. The molecular formula is C16H21NO4. The third-order valence-corrected chi connectivity index (χ3v) is 3.97. The van der Waals surface area contributed by atoms with Crippen molar-refractivity contribution in [2.45, 2.75) is 38.8 Å². The number of likely N-dealkylation sites (tertiary alicyclic amines) is 1. The number of methoxy groups -OCH3 is 1. The summed E-state index contributed by atoms with van der Waals surface area (Å²) in [6, 6.07) is 6.82. The van der Waals surface area contributed by atoms with E-state index in [2.05, 4.69) is 0 Å². The van der Waals surface area contributed by atoms with E-state index in [-0.39, 0.29) is 11.9 Å². The van der Waals surface area contributed by atoms with Crippen LogP contribution >= 0.6 is 0 Å². The largest absolute Gasteiger partial charge is 0.497 e. The number of carboxylic acid groups (broad SMARTS) is 1. The Bertz CT molecular complexity index is 524. The summed E-state index contributed by atoms with van der Waals surface area (Å²) >= 11 is 0. The normalized spacial score (nSPS) is 22.5. The number of amides is 1. The van der Waals surface area contributed by atoms with Gasteiger partial charge >= 0.3 is 5.97 Å². The van der Waals surface area contributed by atoms with Crippen molar-refractivity contribution in [1.29, 1.82) is 0 Å². The van der Waals surface area contributed by atoms with Crippen LogP contribution in [-0.2, 0) is 9.59 Å². The maximum atomic E-state index is 12.2. The Labute approximate surface area is 124 Å². The van der Waals surface area contributed by atoms with Gasteiger partial charge in [0.2, 0.25) is 5.91 Å². The van der Waals surface area contributed by atoms with Gasteiger partial charge in [-0.1, -0.05) is 12.1 Å². The molecule has 2 atom stereocenters. The molecule has 5 heteroatoms. The second-order valence-corrected chi connectivity index (χ2v) is 5.60. The van der Waals surface area contributed by atoms with Crippen LogP contribution in [0.1, 0.15) is 38.3 Å². The number of benzene rings is 1. The Morgan fingerprint density at radius 2 is 1.95 bits per heavy atom. The van der Waals surface area contributed by atoms with E-state index >= 15 is 0 Å². The molecule has 0 spiro atoms. The molecule has 5 nitrogen and oxygen atoms in total. The Balaban J connectivity index is 2.43. The summed E-state index contributed by atoms with van der Waals surface area (Å²) in [6.07, 6.45) is 0.676. The molecule has 21 heavy (non-hydrogen) atoms. The predicted molar refractivity (Wildman–Crippen MR) is 78.1 cm³/mol. The van der Waals surface area contributed by atoms with Crippen molar-refractivity contribution < 1.29 is 19.4 Å². The fourth-order valence-electron chi connectivity index (χ4n) is 2.98. The summed E-state index contributed by atoms with van der Waals surface area (Å²) in [6.45, 7) is 3.83. The average Bonchev–Trinajstić information content (AvgIpc) is 2.46. The third-order valence-electron chi connectivity index (χ3n) is 3.97. The van der Waals surface area contributed by atoms with E-state index in [1.165, 1.54) is 0 Å². The average molecular weight is 291 g/mol. The fourth-order valence-corrected chi connectivity index (χ4v) is 2.98. The summed E-state index contributed by atoms with van der Waals surface area (Å²) in [5.74, 6) is -0.695. The van der Waals surface area contributed by atoms with E-state index in [9.17, 15) is 14.7 Å². The lowest BCUT2D eigenvalue weighted by molar-refractivity contribution is -0.153. The number of nitrogens with zero attached hydrogens (tertiary/aromatic N) is 1. The van der Waals surface area contributed by atoms with Crippen molar-refractivity contribution in [3.05, 3.63) is 29.8 Å². The smallest absolute Gasteiger partial charge is 0.308 e. The van der Waals surface area contributed by atoms with Crippen LogP contribution in [0.3, 0.4) is 0 Å². The second kappa shape index (κ2) is 6.16. The summed E-state index contributed by atoms with van der Waals surface area (Å²) < 4.78 is 5.13. The zero-order valence-corrected chi connectivity index (χ0v) is 12.6. The molecule has 0 saturated carbocycles. The number of aliphatic carboxylic acids is 1. The van der Waals surface area contributed by atoms with Gasteiger partial charge in [-0.05, 0) is 38.0 Å². The molecule has 114 valence electrons. The van der Waals surface area contributed by atoms with Gasteiger partial charge in [0.05, 0.1) is 19.1 Å². The minimum Gasteiger partial charge on any atom is -0.497 e. The van der Waals surface area contributed by atoms with Crippen LogP contribution in [-0.4, -0.2) is 35.0 Å². The van der Waals surface area contributed by atoms with Crippen LogP contribution in [0.2, 0.25) is 0 Å². The van der Waals surface area contributed by atoms with Gasteiger partial charge in [0.15, 0.2) is 0 Å². The number of hydrogen-bond acceptors (Lipinski definition) is 3. The van der Waals surface area contributed by atoms with Crippen LogP contribution < -0.4 is 4.74 Å². The van der Waals surface area contributed by atoms with Crippen molar-refractivity contribution in [2.75, 3.05) is 7.11 Å². The molecule has 1 saturated heterocycles. The van der Waals surface area contributed by atoms with Crippen molar-refractivity contribution in [1.82, 2.24) is 4.90 Å². The molecule has 1 aromatic rings. The first-order chi connectivity index (χ1) is 9.95. The molecule has 2 rings (SSSR count). The molecule has 0 aromatic heterocycles. The maximum Gasteiger partial charge on any atom is 0.308 e. The standard InChI is InChI=1S/C16H21NO4/c1-10(2)17-14(18)9-8-13(16(19)20)15(17)11-4-6-12(21-3)7-5-11/h4-7,10,13,15H,8-9H2,1-3H3,(H,19,20)/t13-,15+/m0/s1. The monoisotopic (exact) mass is 291 g/mol. The van der Waals surface area contributed by atoms with Crippen molar-refractivity contribution in [3.8, 4) is 5.75 Å². The molecular weight excluding hydrogens is 270 g/mol. The van der Waals surface area contributed by atoms with Crippen LogP contribution in [0.15, 0.2) is 24.3 Å². The summed E-state index contributed by atoms with van der Waals surface area (Å²) in [5, 5.41) is 9.49. The number of hydrogen-bond donors (Lipinski definition) is 1. The Kier molecular flexibility index (Phi) is 4.50. The van der Waals surface area contributed by atoms with E-state index in [1.807, 2.05) is 26.0 Å². The lowest BCUT2D eigenvalue weighted by atomic mass is 9.83. The highest BCUT2D eigenvalue weighted by Crippen LogP contribution is 2.38. The van der Waals surface area contributed by atoms with Crippen molar-refractivity contribution in [3.63, 3.8) is 0 Å². The molecule has 1 heterocycles. The zero-order valence-electron chi connectivity index (χ0n) is 12.6. The number of carboxylic acids is 1. The van der Waals surface area contributed by atoms with E-state index < -0.39 is 17.9 Å². The minimum absolute atomic E-state index is 0.0170. The quantitative estimate of drug-likeness (QED) is 0.925. The highest BCUT2D eigenvalue weighted by Gasteiger charge is 2.41. The summed E-state index contributed by atoms with van der Waals surface area (Å²) in [5.41, 5.74) is 0.838. The van der Waals surface area contributed by atoms with Crippen molar-refractivity contribution >= 4 is 11.9 Å². The van der Waals surface area contributed by atoms with Gasteiger partial charge < -0.3 is 14.7 Å². The molecule has 0 aliphatic carbocycles. The van der Waals surface area contributed by atoms with Crippen LogP contribution in [0.5, 0.6) is 5.75 Å². The van der Waals surface area contributed by atoms with E-state index in [4.69, 9.17) is 4.74 Å². The molecule has 1 fully saturated rings. The van der Waals surface area contributed by atoms with Gasteiger partial charge in [0, 0.05) is 12.5 Å². The highest BCUT2D eigenvalue weighted by atomic mass is 16.5. The molecule has 0 unspecified atom stereocenters. The number of ether oxygens (including phenoxy) is 1. The molecule has 0 bridgehead atoms. The van der Waals surface area contributed by atoms with E-state index in [0.717, 1.165) is 5.56 Å². The minimum atomic E-state index is -0.853. The summed E-state index contributed by atoms with van der Waals surface area (Å²) in [7, 11) is 1.58. The fraction of sp³-hybridized carbons (Fsp3) is 0.500. The van der Waals surface area contributed by atoms with Gasteiger partial charge in [-0.25, -0.2) is 0 Å². The summed E-state index contributed by atoms with van der Waals surface area (Å²) in [4.78, 5) is 25.5. The number of carbonyl (C=O) groups excluding carboxylic acids is 1. The topological polar surface area (TPSA) is 66.8 Å². The second-order valence-electron chi connectivity index (χ2n) is 5.60. The van der Waals surface area contributed by atoms with Crippen LogP contribution in [0.25, 0.3) is 0 Å². The first-order valence-electron chi connectivity index (χ1n) is 7.13. The van der Waals surface area contributed by atoms with Gasteiger partial charge in [0.1, 0.15) is 5.75 Å². The Morgan fingerprint density at radius 1 is 1.33 bits per heavy atom. The Morgan fingerprint density at radius 3 is 2.43 bits per heavy atom. The van der Waals surface area contributed by atoms with Gasteiger partial charge in [-0.2, -0.15) is 0 Å². The predicted octanol–water partition coefficient (Wildman–Crippen LogP) is 2.47. The lowest BCUT2D eigenvalue weighted by Crippen LogP contribution is -2.48. The number of carbonyl (C=O) groups is 2. The van der Waals surface area contributed by atoms with Gasteiger partial charge in [-0.3, -0.25) is 9.59 Å². The zero-order chi connectivity index (χ0) is 15.6. The molecule has 1 aliphatic heterocycles. The molecule has 1 amide bonds. The first kappa shape index (κ1) is 15.4. The van der Waals surface area contributed by atoms with Crippen molar-refractivity contribution in [2.24, 2.45) is 5.92 Å². The molecule has 1 aliphatic rings. The molecule has 1 N–H and O–H groups in total. The maximum absolute atomic E-state index is 12.2. The highest BCUT2D eigenvalue weighted by molar-refractivity contribution is 5.82. The number of piperidine rings is 1. The Hall–Kier alpha value is -2.04. The van der Waals surface area contributed by atoms with Crippen LogP contribution in [0.4, 0.5) is 0 Å². The van der Waals surface area contributed by atoms with E-state index in [0.29, 0.717) is 18.6 Å².